The maximum Gasteiger partial charge on any atom is 0.155 e. The zero-order chi connectivity index (χ0) is 17.3. The maximum atomic E-state index is 12.2. The second-order valence-electron chi connectivity index (χ2n) is 9.42. The summed E-state index contributed by atoms with van der Waals surface area (Å²) in [6.45, 7) is 6.44. The Morgan fingerprint density at radius 1 is 1.17 bits per heavy atom. The minimum Gasteiger partial charge on any atom is -0.327 e. The molecule has 0 heterocycles. The van der Waals surface area contributed by atoms with Crippen LogP contribution in [0.4, 0.5) is 0 Å². The highest BCUT2D eigenvalue weighted by atomic mass is 16.1. The normalized spacial score (nSPS) is 50.6. The van der Waals surface area contributed by atoms with E-state index in [0.29, 0.717) is 35.7 Å². The van der Waals surface area contributed by atoms with E-state index in [1.165, 1.54) is 12.0 Å². The molecule has 0 spiro atoms. The van der Waals surface area contributed by atoms with Gasteiger partial charge in [-0.1, -0.05) is 19.4 Å². The molecule has 0 aliphatic heterocycles. The van der Waals surface area contributed by atoms with Crippen molar-refractivity contribution in [1.82, 2.24) is 0 Å². The van der Waals surface area contributed by atoms with Crippen LogP contribution in [0.15, 0.2) is 11.6 Å². The van der Waals surface area contributed by atoms with Crippen LogP contribution in [0.25, 0.3) is 0 Å². The minimum atomic E-state index is -0.0188. The van der Waals surface area contributed by atoms with E-state index in [9.17, 15) is 9.59 Å². The Labute approximate surface area is 145 Å². The monoisotopic (exact) mass is 329 g/mol. The molecule has 0 saturated heterocycles. The fourth-order valence-electron chi connectivity index (χ4n) is 7.27. The molecule has 4 aliphatic carbocycles. The number of ketones is 2. The lowest BCUT2D eigenvalue weighted by Gasteiger charge is -2.60. The molecule has 0 radical (unpaired) electrons. The van der Waals surface area contributed by atoms with Gasteiger partial charge in [-0.2, -0.15) is 0 Å². The number of hydrogen-bond donors (Lipinski definition) is 1. The molecule has 3 nitrogen and oxygen atoms in total. The first-order chi connectivity index (χ1) is 11.3. The number of allylic oxidation sites excluding steroid dienone is 1. The smallest absolute Gasteiger partial charge is 0.155 e. The summed E-state index contributed by atoms with van der Waals surface area (Å²) in [6, 6.07) is 0.106. The number of Topliss-reactive ketones (excluding diaryl/α,β-unsaturated/α-hetero) is 1. The van der Waals surface area contributed by atoms with Crippen LogP contribution in [0, 0.1) is 34.5 Å². The Bertz CT molecular complexity index is 623. The van der Waals surface area contributed by atoms with Crippen LogP contribution >= 0.6 is 0 Å². The molecule has 4 aliphatic rings. The van der Waals surface area contributed by atoms with Crippen molar-refractivity contribution in [3.8, 4) is 0 Å². The maximum absolute atomic E-state index is 12.2. The molecule has 2 N–H and O–H groups in total. The molecule has 132 valence electrons. The molecule has 7 atom stereocenters. The highest BCUT2D eigenvalue weighted by Crippen LogP contribution is 2.66. The quantitative estimate of drug-likeness (QED) is 0.798. The third-order valence-electron chi connectivity index (χ3n) is 8.67. The van der Waals surface area contributed by atoms with E-state index in [2.05, 4.69) is 13.8 Å². The van der Waals surface area contributed by atoms with Gasteiger partial charge in [0.2, 0.25) is 0 Å². The summed E-state index contributed by atoms with van der Waals surface area (Å²) in [7, 11) is 0. The van der Waals surface area contributed by atoms with Crippen molar-refractivity contribution < 1.29 is 9.59 Å². The minimum absolute atomic E-state index is 0.0188. The second-order valence-corrected chi connectivity index (χ2v) is 9.42. The third kappa shape index (κ3) is 2.00. The molecular formula is C21H31NO2. The number of hydrogen-bond acceptors (Lipinski definition) is 3. The van der Waals surface area contributed by atoms with Crippen molar-refractivity contribution in [2.24, 2.45) is 40.2 Å². The van der Waals surface area contributed by atoms with Crippen molar-refractivity contribution in [3.63, 3.8) is 0 Å². The average molecular weight is 329 g/mol. The van der Waals surface area contributed by atoms with Gasteiger partial charge in [0.15, 0.2) is 5.78 Å². The van der Waals surface area contributed by atoms with Crippen LogP contribution in [-0.2, 0) is 9.59 Å². The number of rotatable bonds is 1. The first-order valence-corrected chi connectivity index (χ1v) is 9.78. The number of fused-ring (bicyclic) bond motifs is 5. The van der Waals surface area contributed by atoms with Gasteiger partial charge in [-0.15, -0.1) is 0 Å². The van der Waals surface area contributed by atoms with E-state index in [1.54, 1.807) is 6.92 Å². The molecule has 0 amide bonds. The van der Waals surface area contributed by atoms with Crippen LogP contribution in [0.5, 0.6) is 0 Å². The Balaban J connectivity index is 1.72. The number of carbonyl (C=O) groups excluding carboxylic acids is 2. The molecular weight excluding hydrogens is 298 g/mol. The SMILES string of the molecule is CC(=O)[C@H]1CC[C@H]2[C@@H]3CCC4=CC(=O)CC[C@]4(C)[C@H]3C[C@H](N)[C@]12C. The van der Waals surface area contributed by atoms with E-state index >= 15 is 0 Å². The van der Waals surface area contributed by atoms with Gasteiger partial charge in [0, 0.05) is 18.4 Å². The lowest BCUT2D eigenvalue weighted by molar-refractivity contribution is -0.130. The first-order valence-electron chi connectivity index (χ1n) is 9.78. The fourth-order valence-corrected chi connectivity index (χ4v) is 7.27. The van der Waals surface area contributed by atoms with Gasteiger partial charge in [0.1, 0.15) is 5.78 Å². The van der Waals surface area contributed by atoms with E-state index in [0.717, 1.165) is 32.1 Å². The van der Waals surface area contributed by atoms with Gasteiger partial charge in [-0.25, -0.2) is 0 Å². The Kier molecular flexibility index (Phi) is 3.62. The van der Waals surface area contributed by atoms with Gasteiger partial charge in [-0.3, -0.25) is 9.59 Å². The van der Waals surface area contributed by atoms with Gasteiger partial charge in [0.25, 0.3) is 0 Å². The molecule has 3 heteroatoms. The fraction of sp³-hybridized carbons (Fsp3) is 0.810. The van der Waals surface area contributed by atoms with Crippen molar-refractivity contribution in [3.05, 3.63) is 11.6 Å². The van der Waals surface area contributed by atoms with Crippen LogP contribution in [0.2, 0.25) is 0 Å². The van der Waals surface area contributed by atoms with Crippen LogP contribution < -0.4 is 5.73 Å². The Morgan fingerprint density at radius 2 is 1.92 bits per heavy atom. The van der Waals surface area contributed by atoms with E-state index in [-0.39, 0.29) is 22.8 Å². The molecule has 24 heavy (non-hydrogen) atoms. The van der Waals surface area contributed by atoms with E-state index < -0.39 is 0 Å². The van der Waals surface area contributed by atoms with Crippen molar-refractivity contribution in [1.29, 1.82) is 0 Å². The first kappa shape index (κ1) is 16.5. The van der Waals surface area contributed by atoms with E-state index in [4.69, 9.17) is 5.73 Å². The molecule has 4 rings (SSSR count). The standard InChI is InChI=1S/C21H31NO2/c1-12(23)16-6-7-17-15-5-4-13-10-14(24)8-9-20(13,2)18(15)11-19(22)21(16,17)3/h10,15-19H,4-9,11,22H2,1-3H3/t15-,16+,17-,18-,19-,20-,21+/m0/s1. The molecule has 0 aromatic rings. The summed E-state index contributed by atoms with van der Waals surface area (Å²) in [5.41, 5.74) is 8.28. The van der Waals surface area contributed by atoms with Gasteiger partial charge in [-0.05, 0) is 80.1 Å². The van der Waals surface area contributed by atoms with Gasteiger partial charge in [0.05, 0.1) is 0 Å². The summed E-state index contributed by atoms with van der Waals surface area (Å²) in [5, 5.41) is 0. The van der Waals surface area contributed by atoms with Crippen molar-refractivity contribution >= 4 is 11.6 Å². The largest absolute Gasteiger partial charge is 0.327 e. The molecule has 3 saturated carbocycles. The second kappa shape index (κ2) is 5.27. The highest BCUT2D eigenvalue weighted by Gasteiger charge is 2.62. The summed E-state index contributed by atoms with van der Waals surface area (Å²) in [4.78, 5) is 24.1. The average Bonchev–Trinajstić information content (AvgIpc) is 2.88. The summed E-state index contributed by atoms with van der Waals surface area (Å²) >= 11 is 0. The molecule has 3 fully saturated rings. The van der Waals surface area contributed by atoms with Crippen LogP contribution in [-0.4, -0.2) is 17.6 Å². The molecule has 0 bridgehead atoms. The third-order valence-corrected chi connectivity index (χ3v) is 8.67. The van der Waals surface area contributed by atoms with Crippen LogP contribution in [0.3, 0.4) is 0 Å². The lowest BCUT2D eigenvalue weighted by atomic mass is 9.45. The topological polar surface area (TPSA) is 60.2 Å². The molecule has 0 aromatic heterocycles. The van der Waals surface area contributed by atoms with E-state index in [1.807, 2.05) is 6.08 Å². The zero-order valence-electron chi connectivity index (χ0n) is 15.3. The van der Waals surface area contributed by atoms with Crippen molar-refractivity contribution in [2.75, 3.05) is 0 Å². The summed E-state index contributed by atoms with van der Waals surface area (Å²) in [6.07, 6.45) is 9.07. The Morgan fingerprint density at radius 3 is 2.62 bits per heavy atom. The summed E-state index contributed by atoms with van der Waals surface area (Å²) in [5.74, 6) is 2.63. The predicted octanol–water partition coefficient (Wildman–Crippen LogP) is 3.66. The highest BCUT2D eigenvalue weighted by molar-refractivity contribution is 5.91. The predicted molar refractivity (Wildman–Crippen MR) is 94.2 cm³/mol. The lowest BCUT2D eigenvalue weighted by Crippen LogP contribution is -2.59. The molecule has 0 unspecified atom stereocenters. The molecule has 0 aromatic carbocycles. The van der Waals surface area contributed by atoms with Gasteiger partial charge >= 0.3 is 0 Å². The van der Waals surface area contributed by atoms with Crippen LogP contribution in [0.1, 0.15) is 65.7 Å². The van der Waals surface area contributed by atoms with Gasteiger partial charge < -0.3 is 5.73 Å². The number of carbonyl (C=O) groups is 2. The summed E-state index contributed by atoms with van der Waals surface area (Å²) < 4.78 is 0. The zero-order valence-corrected chi connectivity index (χ0v) is 15.3. The van der Waals surface area contributed by atoms with Crippen molar-refractivity contribution in [2.45, 2.75) is 71.8 Å². The number of nitrogens with two attached hydrogens (primary N) is 1. The Hall–Kier alpha value is -0.960.